The van der Waals surface area contributed by atoms with E-state index in [-0.39, 0.29) is 24.5 Å². The van der Waals surface area contributed by atoms with Crippen molar-refractivity contribution in [2.75, 3.05) is 11.4 Å². The number of aromatic nitrogens is 1. The number of hydrogen-bond donors (Lipinski definition) is 0. The fourth-order valence-electron chi connectivity index (χ4n) is 3.74. The van der Waals surface area contributed by atoms with E-state index in [0.29, 0.717) is 17.8 Å². The maximum absolute atomic E-state index is 13.5. The Morgan fingerprint density at radius 1 is 1.00 bits per heavy atom. The highest BCUT2D eigenvalue weighted by Crippen LogP contribution is 2.31. The van der Waals surface area contributed by atoms with Crippen LogP contribution in [-0.4, -0.2) is 34.3 Å². The Morgan fingerprint density at radius 2 is 1.74 bits per heavy atom. The minimum absolute atomic E-state index is 0.00809. The number of pyridine rings is 1. The highest BCUT2D eigenvalue weighted by molar-refractivity contribution is 6.06. The molecule has 3 aromatic rings. The van der Waals surface area contributed by atoms with Gasteiger partial charge in [0.05, 0.1) is 6.10 Å². The summed E-state index contributed by atoms with van der Waals surface area (Å²) in [6, 6.07) is 19.8. The van der Waals surface area contributed by atoms with Crippen LogP contribution in [0.25, 0.3) is 0 Å². The number of benzene rings is 2. The van der Waals surface area contributed by atoms with Gasteiger partial charge in [-0.3, -0.25) is 14.6 Å². The van der Waals surface area contributed by atoms with Gasteiger partial charge in [0.1, 0.15) is 18.3 Å². The molecule has 6 heteroatoms. The summed E-state index contributed by atoms with van der Waals surface area (Å²) < 4.78 is 5.70. The van der Waals surface area contributed by atoms with Crippen molar-refractivity contribution in [3.05, 3.63) is 90.3 Å². The molecule has 158 valence electrons. The fraction of sp³-hybridized carbons (Fsp3) is 0.240. The summed E-state index contributed by atoms with van der Waals surface area (Å²) in [6.07, 6.45) is 3.40. The molecular weight excluding hydrogens is 390 g/mol. The van der Waals surface area contributed by atoms with Gasteiger partial charge < -0.3 is 14.5 Å². The van der Waals surface area contributed by atoms with E-state index in [1.807, 2.05) is 74.5 Å². The zero-order valence-electron chi connectivity index (χ0n) is 17.6. The van der Waals surface area contributed by atoms with Gasteiger partial charge in [0, 0.05) is 30.2 Å². The maximum atomic E-state index is 13.5. The second kappa shape index (κ2) is 9.00. The van der Waals surface area contributed by atoms with Crippen LogP contribution < -0.4 is 9.64 Å². The van der Waals surface area contributed by atoms with Crippen LogP contribution in [0.2, 0.25) is 0 Å². The van der Waals surface area contributed by atoms with Gasteiger partial charge >= 0.3 is 0 Å². The quantitative estimate of drug-likeness (QED) is 0.611. The van der Waals surface area contributed by atoms with Crippen LogP contribution in [0.5, 0.6) is 5.75 Å². The van der Waals surface area contributed by atoms with E-state index >= 15 is 0 Å². The summed E-state index contributed by atoms with van der Waals surface area (Å²) in [5, 5.41) is 0. The Morgan fingerprint density at radius 3 is 2.39 bits per heavy atom. The molecule has 1 aliphatic heterocycles. The normalized spacial score (nSPS) is 16.7. The number of nitrogens with zero attached hydrogens (tertiary/aromatic N) is 3. The molecule has 6 nitrogen and oxygen atoms in total. The number of carbonyl (C=O) groups excluding carboxylic acids is 2. The second-order valence-corrected chi connectivity index (χ2v) is 7.78. The Labute approximate surface area is 182 Å². The zero-order chi connectivity index (χ0) is 21.8. The van der Waals surface area contributed by atoms with Crippen molar-refractivity contribution >= 4 is 17.5 Å². The van der Waals surface area contributed by atoms with Gasteiger partial charge in [0.25, 0.3) is 5.91 Å². The van der Waals surface area contributed by atoms with Gasteiger partial charge in [-0.1, -0.05) is 36.4 Å². The summed E-state index contributed by atoms with van der Waals surface area (Å²) in [5.41, 5.74) is 2.34. The Bertz CT molecular complexity index is 1040. The summed E-state index contributed by atoms with van der Waals surface area (Å²) >= 11 is 0. The monoisotopic (exact) mass is 415 g/mol. The fourth-order valence-corrected chi connectivity index (χ4v) is 3.74. The van der Waals surface area contributed by atoms with Crippen LogP contribution in [0.15, 0.2) is 79.1 Å². The molecule has 1 saturated heterocycles. The summed E-state index contributed by atoms with van der Waals surface area (Å²) in [5.74, 6) is 0.525. The molecule has 0 N–H and O–H groups in total. The van der Waals surface area contributed by atoms with Crippen molar-refractivity contribution in [2.45, 2.75) is 32.5 Å². The first-order chi connectivity index (χ1) is 15.0. The van der Waals surface area contributed by atoms with Gasteiger partial charge in [0.2, 0.25) is 5.91 Å². The molecule has 1 aliphatic rings. The van der Waals surface area contributed by atoms with Crippen molar-refractivity contribution in [3.8, 4) is 5.75 Å². The van der Waals surface area contributed by atoms with Crippen LogP contribution in [0, 0.1) is 0 Å². The average molecular weight is 415 g/mol. The van der Waals surface area contributed by atoms with Gasteiger partial charge in [-0.05, 0) is 49.7 Å². The molecule has 0 bridgehead atoms. The lowest BCUT2D eigenvalue weighted by atomic mass is 10.0. The number of para-hydroxylation sites is 1. The van der Waals surface area contributed by atoms with Crippen LogP contribution in [0.1, 0.15) is 31.0 Å². The lowest BCUT2D eigenvalue weighted by molar-refractivity contribution is -0.144. The molecule has 1 atom stereocenters. The molecule has 0 saturated carbocycles. The molecule has 2 amide bonds. The van der Waals surface area contributed by atoms with Crippen LogP contribution in [0.4, 0.5) is 5.69 Å². The molecule has 4 rings (SSSR count). The number of anilines is 1. The van der Waals surface area contributed by atoms with E-state index in [4.69, 9.17) is 4.74 Å². The van der Waals surface area contributed by atoms with E-state index in [1.54, 1.807) is 28.3 Å². The van der Waals surface area contributed by atoms with Gasteiger partial charge in [0.15, 0.2) is 0 Å². The van der Waals surface area contributed by atoms with Crippen LogP contribution in [-0.2, 0) is 16.1 Å². The number of carbonyl (C=O) groups is 2. The molecule has 31 heavy (non-hydrogen) atoms. The average Bonchev–Trinajstić information content (AvgIpc) is 2.78. The lowest BCUT2D eigenvalue weighted by Crippen LogP contribution is -2.55. The molecule has 2 aromatic carbocycles. The third-order valence-electron chi connectivity index (χ3n) is 5.14. The van der Waals surface area contributed by atoms with Crippen molar-refractivity contribution < 1.29 is 14.3 Å². The molecule has 0 radical (unpaired) electrons. The molecule has 0 unspecified atom stereocenters. The first-order valence-electron chi connectivity index (χ1n) is 10.3. The lowest BCUT2D eigenvalue weighted by Gasteiger charge is -2.40. The third-order valence-corrected chi connectivity index (χ3v) is 5.14. The van der Waals surface area contributed by atoms with E-state index in [9.17, 15) is 9.59 Å². The smallest absolute Gasteiger partial charge is 0.254 e. The van der Waals surface area contributed by atoms with Gasteiger partial charge in [-0.15, -0.1) is 0 Å². The van der Waals surface area contributed by atoms with E-state index in [1.165, 1.54) is 0 Å². The number of hydrogen-bond acceptors (Lipinski definition) is 4. The van der Waals surface area contributed by atoms with Crippen LogP contribution >= 0.6 is 0 Å². The van der Waals surface area contributed by atoms with E-state index in [0.717, 1.165) is 11.3 Å². The van der Waals surface area contributed by atoms with Gasteiger partial charge in [-0.2, -0.15) is 0 Å². The predicted molar refractivity (Wildman–Crippen MR) is 119 cm³/mol. The van der Waals surface area contributed by atoms with Crippen LogP contribution in [0.3, 0.4) is 0 Å². The molecule has 2 heterocycles. The first-order valence-corrected chi connectivity index (χ1v) is 10.3. The largest absolute Gasteiger partial charge is 0.491 e. The predicted octanol–water partition coefficient (Wildman–Crippen LogP) is 3.99. The highest BCUT2D eigenvalue weighted by Gasteiger charge is 2.41. The van der Waals surface area contributed by atoms with E-state index in [2.05, 4.69) is 4.98 Å². The number of piperazine rings is 1. The molecule has 1 fully saturated rings. The molecule has 1 aromatic heterocycles. The minimum atomic E-state index is -0.734. The first kappa shape index (κ1) is 20.6. The number of ether oxygens (including phenoxy) is 1. The topological polar surface area (TPSA) is 62.7 Å². The summed E-state index contributed by atoms with van der Waals surface area (Å²) in [6.45, 7) is 4.29. The molecular formula is C25H25N3O3. The Balaban J connectivity index is 1.64. The van der Waals surface area contributed by atoms with Crippen molar-refractivity contribution in [3.63, 3.8) is 0 Å². The Kier molecular flexibility index (Phi) is 5.98. The minimum Gasteiger partial charge on any atom is -0.491 e. The van der Waals surface area contributed by atoms with Crippen molar-refractivity contribution in [1.29, 1.82) is 0 Å². The SMILES string of the molecule is CC(C)Oc1ccc(CN2C(=O)CN(c3ccccc3)C(=O)[C@@H]2c2cccnc2)cc1. The van der Waals surface area contributed by atoms with E-state index < -0.39 is 6.04 Å². The highest BCUT2D eigenvalue weighted by atomic mass is 16.5. The van der Waals surface area contributed by atoms with Crippen molar-refractivity contribution in [1.82, 2.24) is 9.88 Å². The zero-order valence-corrected chi connectivity index (χ0v) is 17.6. The summed E-state index contributed by atoms with van der Waals surface area (Å²) in [4.78, 5) is 34.1. The second-order valence-electron chi connectivity index (χ2n) is 7.78. The third kappa shape index (κ3) is 4.58. The van der Waals surface area contributed by atoms with Gasteiger partial charge in [-0.25, -0.2) is 0 Å². The van der Waals surface area contributed by atoms with Crippen molar-refractivity contribution in [2.24, 2.45) is 0 Å². The Hall–Kier alpha value is -3.67. The number of rotatable bonds is 6. The number of amides is 2. The standard InChI is InChI=1S/C25H25N3O3/c1-18(2)31-22-12-10-19(11-13-22)16-28-23(29)17-27(21-8-4-3-5-9-21)25(30)24(28)20-7-6-14-26-15-20/h3-15,18,24H,16-17H2,1-2H3/t24-/m0/s1. The molecule has 0 aliphatic carbocycles. The maximum Gasteiger partial charge on any atom is 0.254 e. The summed E-state index contributed by atoms with van der Waals surface area (Å²) in [7, 11) is 0. The molecule has 0 spiro atoms.